The molecule has 1 unspecified atom stereocenters. The van der Waals surface area contributed by atoms with Crippen molar-refractivity contribution in [1.82, 2.24) is 20.0 Å². The molecule has 2 aromatic rings. The number of nitrogens with one attached hydrogen (secondary N) is 1. The third-order valence-corrected chi connectivity index (χ3v) is 4.72. The van der Waals surface area contributed by atoms with Gasteiger partial charge >= 0.3 is 6.18 Å². The summed E-state index contributed by atoms with van der Waals surface area (Å²) in [5, 5.41) is 7.10. The second-order valence-electron chi connectivity index (χ2n) is 7.05. The molecule has 0 saturated carbocycles. The molecule has 1 heterocycles. The van der Waals surface area contributed by atoms with Crippen molar-refractivity contribution < 1.29 is 18.0 Å². The van der Waals surface area contributed by atoms with Gasteiger partial charge in [0.2, 0.25) is 0 Å². The summed E-state index contributed by atoms with van der Waals surface area (Å²) in [6, 6.07) is 9.46. The number of fused-ring (bicyclic) bond motifs is 1. The van der Waals surface area contributed by atoms with Crippen molar-refractivity contribution in [2.75, 3.05) is 20.6 Å². The van der Waals surface area contributed by atoms with E-state index in [9.17, 15) is 18.0 Å². The van der Waals surface area contributed by atoms with Crippen LogP contribution in [0.15, 0.2) is 30.3 Å². The quantitative estimate of drug-likeness (QED) is 0.868. The Morgan fingerprint density at radius 2 is 2.00 bits per heavy atom. The monoisotopic (exact) mass is 380 g/mol. The van der Waals surface area contributed by atoms with E-state index in [1.54, 1.807) is 14.1 Å². The number of aromatic nitrogens is 2. The summed E-state index contributed by atoms with van der Waals surface area (Å²) >= 11 is 0. The van der Waals surface area contributed by atoms with Crippen LogP contribution in [0.25, 0.3) is 0 Å². The Kier molecular flexibility index (Phi) is 5.55. The molecule has 5 nitrogen and oxygen atoms in total. The molecule has 0 fully saturated rings. The van der Waals surface area contributed by atoms with Crippen LogP contribution in [0.4, 0.5) is 13.2 Å². The molecule has 146 valence electrons. The highest BCUT2D eigenvalue weighted by Crippen LogP contribution is 2.27. The molecule has 1 aromatic heterocycles. The Labute approximate surface area is 156 Å². The Bertz CT molecular complexity index is 799. The first kappa shape index (κ1) is 19.4. The largest absolute Gasteiger partial charge is 0.401 e. The molecule has 3 rings (SSSR count). The van der Waals surface area contributed by atoms with E-state index in [4.69, 9.17) is 0 Å². The van der Waals surface area contributed by atoms with E-state index in [2.05, 4.69) is 10.4 Å². The van der Waals surface area contributed by atoms with Gasteiger partial charge in [-0.25, -0.2) is 0 Å². The first-order valence-electron chi connectivity index (χ1n) is 8.89. The smallest absolute Gasteiger partial charge is 0.343 e. The lowest BCUT2D eigenvalue weighted by Crippen LogP contribution is -2.40. The molecule has 1 atom stereocenters. The second-order valence-corrected chi connectivity index (χ2v) is 7.05. The first-order chi connectivity index (χ1) is 12.7. The van der Waals surface area contributed by atoms with Gasteiger partial charge in [0, 0.05) is 31.4 Å². The Morgan fingerprint density at radius 1 is 1.30 bits per heavy atom. The van der Waals surface area contributed by atoms with E-state index < -0.39 is 12.7 Å². The van der Waals surface area contributed by atoms with E-state index in [-0.39, 0.29) is 11.9 Å². The maximum atomic E-state index is 12.6. The van der Waals surface area contributed by atoms with E-state index >= 15 is 0 Å². The highest BCUT2D eigenvalue weighted by molar-refractivity contribution is 5.93. The van der Waals surface area contributed by atoms with Gasteiger partial charge in [-0.3, -0.25) is 9.48 Å². The first-order valence-corrected chi connectivity index (χ1v) is 8.89. The van der Waals surface area contributed by atoms with Crippen molar-refractivity contribution in [3.05, 3.63) is 52.8 Å². The topological polar surface area (TPSA) is 50.2 Å². The highest BCUT2D eigenvalue weighted by Gasteiger charge is 2.33. The number of hydrogen-bond acceptors (Lipinski definition) is 3. The zero-order valence-electron chi connectivity index (χ0n) is 15.4. The van der Waals surface area contributed by atoms with Crippen LogP contribution >= 0.6 is 0 Å². The molecule has 0 bridgehead atoms. The van der Waals surface area contributed by atoms with Crippen LogP contribution in [0.5, 0.6) is 0 Å². The van der Waals surface area contributed by atoms with Crippen LogP contribution in [0.1, 0.15) is 33.7 Å². The van der Waals surface area contributed by atoms with Crippen molar-refractivity contribution in [2.45, 2.75) is 38.0 Å². The van der Waals surface area contributed by atoms with E-state index in [1.807, 2.05) is 35.0 Å². The van der Waals surface area contributed by atoms with Gasteiger partial charge in [0.05, 0.1) is 13.1 Å². The fraction of sp³-hybridized carbons (Fsp3) is 0.474. The molecule has 1 aromatic carbocycles. The predicted molar refractivity (Wildman–Crippen MR) is 95.7 cm³/mol. The molecule has 0 aliphatic heterocycles. The molecular formula is C19H23F3N4O. The third kappa shape index (κ3) is 4.68. The third-order valence-electron chi connectivity index (χ3n) is 4.72. The zero-order chi connectivity index (χ0) is 19.6. The van der Waals surface area contributed by atoms with Crippen molar-refractivity contribution in [3.8, 4) is 0 Å². The fourth-order valence-corrected chi connectivity index (χ4v) is 3.39. The zero-order valence-corrected chi connectivity index (χ0v) is 15.4. The van der Waals surface area contributed by atoms with E-state index in [0.29, 0.717) is 31.5 Å². The van der Waals surface area contributed by atoms with E-state index in [1.165, 1.54) is 4.90 Å². The maximum Gasteiger partial charge on any atom is 0.401 e. The van der Waals surface area contributed by atoms with Crippen LogP contribution in [0.3, 0.4) is 0 Å². The summed E-state index contributed by atoms with van der Waals surface area (Å²) in [5.74, 6) is -0.227. The molecule has 0 saturated heterocycles. The molecule has 1 aliphatic carbocycles. The maximum absolute atomic E-state index is 12.6. The van der Waals surface area contributed by atoms with Crippen LogP contribution in [0, 0.1) is 0 Å². The molecule has 1 N–H and O–H groups in total. The number of halogens is 3. The SMILES string of the molecule is CN(C)C(=O)c1nn(Cc2ccccc2)c2c1CC(NCC(F)(F)F)CC2. The van der Waals surface area contributed by atoms with Crippen LogP contribution in [-0.2, 0) is 19.4 Å². The molecule has 8 heteroatoms. The Balaban J connectivity index is 1.87. The van der Waals surface area contributed by atoms with Gasteiger partial charge < -0.3 is 10.2 Å². The van der Waals surface area contributed by atoms with Gasteiger partial charge in [-0.15, -0.1) is 0 Å². The average molecular weight is 380 g/mol. The number of hydrogen-bond donors (Lipinski definition) is 1. The second kappa shape index (κ2) is 7.72. The standard InChI is InChI=1S/C19H23F3N4O/c1-25(2)18(27)17-15-10-14(23-12-19(20,21)22)8-9-16(15)26(24-17)11-13-6-4-3-5-7-13/h3-7,14,23H,8-12H2,1-2H3. The molecule has 0 spiro atoms. The van der Waals surface area contributed by atoms with Crippen molar-refractivity contribution in [2.24, 2.45) is 0 Å². The minimum absolute atomic E-state index is 0.227. The minimum atomic E-state index is -4.25. The molecular weight excluding hydrogens is 357 g/mol. The number of nitrogens with zero attached hydrogens (tertiary/aromatic N) is 3. The lowest BCUT2D eigenvalue weighted by Gasteiger charge is -2.25. The average Bonchev–Trinajstić information content (AvgIpc) is 2.97. The molecule has 1 aliphatic rings. The number of rotatable bonds is 5. The van der Waals surface area contributed by atoms with Crippen molar-refractivity contribution in [1.29, 1.82) is 0 Å². The summed E-state index contributed by atoms with van der Waals surface area (Å²) in [5.41, 5.74) is 3.10. The van der Waals surface area contributed by atoms with Crippen LogP contribution in [-0.4, -0.2) is 53.4 Å². The number of carbonyl (C=O) groups is 1. The van der Waals surface area contributed by atoms with Crippen molar-refractivity contribution in [3.63, 3.8) is 0 Å². The molecule has 0 radical (unpaired) electrons. The predicted octanol–water partition coefficient (Wildman–Crippen LogP) is 2.64. The summed E-state index contributed by atoms with van der Waals surface area (Å²) < 4.78 is 39.4. The summed E-state index contributed by atoms with van der Waals surface area (Å²) in [6.07, 6.45) is -2.71. The number of amides is 1. The number of carbonyl (C=O) groups excluding carboxylic acids is 1. The highest BCUT2D eigenvalue weighted by atomic mass is 19.4. The van der Waals surface area contributed by atoms with Gasteiger partial charge in [-0.2, -0.15) is 18.3 Å². The lowest BCUT2D eigenvalue weighted by atomic mass is 9.91. The number of benzene rings is 1. The van der Waals surface area contributed by atoms with Gasteiger partial charge in [0.25, 0.3) is 5.91 Å². The lowest BCUT2D eigenvalue weighted by molar-refractivity contribution is -0.126. The van der Waals surface area contributed by atoms with E-state index in [0.717, 1.165) is 16.8 Å². The fourth-order valence-electron chi connectivity index (χ4n) is 3.39. The minimum Gasteiger partial charge on any atom is -0.343 e. The Morgan fingerprint density at radius 3 is 2.63 bits per heavy atom. The Hall–Kier alpha value is -2.35. The van der Waals surface area contributed by atoms with Gasteiger partial charge in [0.15, 0.2) is 5.69 Å². The van der Waals surface area contributed by atoms with Gasteiger partial charge in [0.1, 0.15) is 0 Å². The molecule has 1 amide bonds. The van der Waals surface area contributed by atoms with Gasteiger partial charge in [-0.1, -0.05) is 30.3 Å². The van der Waals surface area contributed by atoms with Crippen molar-refractivity contribution >= 4 is 5.91 Å². The number of alkyl halides is 3. The summed E-state index contributed by atoms with van der Waals surface area (Å²) in [6.45, 7) is -0.493. The normalized spacial score (nSPS) is 16.9. The summed E-state index contributed by atoms with van der Waals surface area (Å²) in [4.78, 5) is 14.0. The molecule has 27 heavy (non-hydrogen) atoms. The summed E-state index contributed by atoms with van der Waals surface area (Å²) in [7, 11) is 3.29. The van der Waals surface area contributed by atoms with Gasteiger partial charge in [-0.05, 0) is 24.8 Å². The van der Waals surface area contributed by atoms with Crippen LogP contribution in [0.2, 0.25) is 0 Å². The van der Waals surface area contributed by atoms with Crippen LogP contribution < -0.4 is 5.32 Å².